The van der Waals surface area contributed by atoms with E-state index in [0.29, 0.717) is 37.4 Å². The molecular weight excluding hydrogens is 472 g/mol. The van der Waals surface area contributed by atoms with Crippen molar-refractivity contribution >= 4 is 17.6 Å². The molecule has 0 radical (unpaired) electrons. The summed E-state index contributed by atoms with van der Waals surface area (Å²) >= 11 is 0. The number of nitrogens with zero attached hydrogens (tertiary/aromatic N) is 2. The average molecular weight is 503 g/mol. The number of nitrogens with one attached hydrogen (secondary N) is 2. The van der Waals surface area contributed by atoms with Gasteiger partial charge in [-0.05, 0) is 68.3 Å². The van der Waals surface area contributed by atoms with Gasteiger partial charge in [0.05, 0.1) is 17.5 Å². The topological polar surface area (TPSA) is 121 Å². The molecule has 9 nitrogen and oxygen atoms in total. The van der Waals surface area contributed by atoms with E-state index in [1.165, 1.54) is 19.0 Å². The number of hydrogen-bond donors (Lipinski definition) is 3. The summed E-state index contributed by atoms with van der Waals surface area (Å²) in [6, 6.07) is 8.66. The normalized spacial score (nSPS) is 31.3. The molecule has 4 atom stereocenters. The van der Waals surface area contributed by atoms with Gasteiger partial charge in [-0.25, -0.2) is 0 Å². The molecule has 3 N–H and O–H groups in total. The summed E-state index contributed by atoms with van der Waals surface area (Å²) in [5.41, 5.74) is 0.751. The minimum Gasteiger partial charge on any atom is -0.504 e. The van der Waals surface area contributed by atoms with Gasteiger partial charge in [0, 0.05) is 30.8 Å². The Morgan fingerprint density at radius 1 is 1.19 bits per heavy atom. The number of ketones is 1. The van der Waals surface area contributed by atoms with Gasteiger partial charge >= 0.3 is 0 Å². The number of hydrogen-bond acceptors (Lipinski definition) is 7. The van der Waals surface area contributed by atoms with E-state index in [1.54, 1.807) is 24.3 Å². The second kappa shape index (κ2) is 8.02. The van der Waals surface area contributed by atoms with E-state index >= 15 is 0 Å². The monoisotopic (exact) mass is 502 g/mol. The minimum atomic E-state index is -0.741. The van der Waals surface area contributed by atoms with Crippen LogP contribution >= 0.6 is 0 Å². The summed E-state index contributed by atoms with van der Waals surface area (Å²) in [5.74, 6) is 0.422. The lowest BCUT2D eigenvalue weighted by atomic mass is 9.47. The third-order valence-corrected chi connectivity index (χ3v) is 9.28. The Kier molecular flexibility index (Phi) is 4.92. The zero-order valence-corrected chi connectivity index (χ0v) is 20.5. The molecule has 192 valence electrons. The number of carbonyl (C=O) groups excluding carboxylic acids is 3. The summed E-state index contributed by atoms with van der Waals surface area (Å²) in [4.78, 5) is 45.9. The van der Waals surface area contributed by atoms with E-state index in [1.807, 2.05) is 6.07 Å². The maximum atomic E-state index is 13.5. The van der Waals surface area contributed by atoms with Crippen molar-refractivity contribution in [2.24, 2.45) is 5.92 Å². The zero-order valence-electron chi connectivity index (χ0n) is 20.5. The maximum absolute atomic E-state index is 13.5. The lowest BCUT2D eigenvalue weighted by Gasteiger charge is -2.65. The van der Waals surface area contributed by atoms with Gasteiger partial charge < -0.3 is 20.5 Å². The highest BCUT2D eigenvalue weighted by molar-refractivity contribution is 5.95. The molecule has 9 heteroatoms. The Morgan fingerprint density at radius 2 is 2.05 bits per heavy atom. The van der Waals surface area contributed by atoms with Crippen molar-refractivity contribution in [1.29, 1.82) is 0 Å². The van der Waals surface area contributed by atoms with E-state index in [0.717, 1.165) is 24.2 Å². The smallest absolute Gasteiger partial charge is 0.270 e. The van der Waals surface area contributed by atoms with Crippen molar-refractivity contribution in [2.75, 3.05) is 19.6 Å². The molecule has 37 heavy (non-hydrogen) atoms. The van der Waals surface area contributed by atoms with E-state index in [4.69, 9.17) is 4.74 Å². The molecule has 1 aromatic heterocycles. The fraction of sp³-hybridized carbons (Fsp3) is 0.500. The number of benzene rings is 1. The average Bonchev–Trinajstić information content (AvgIpc) is 3.65. The van der Waals surface area contributed by atoms with Crippen LogP contribution in [-0.2, 0) is 21.4 Å². The number of phenolic OH excluding ortho intramolecular Hbond substituents is 1. The third kappa shape index (κ3) is 3.19. The molecule has 0 unspecified atom stereocenters. The first kappa shape index (κ1) is 22.7. The first-order valence-corrected chi connectivity index (χ1v) is 13.2. The van der Waals surface area contributed by atoms with E-state index in [2.05, 4.69) is 20.5 Å². The van der Waals surface area contributed by atoms with Crippen LogP contribution in [0.25, 0.3) is 0 Å². The molecule has 2 aromatic rings. The second-order valence-corrected chi connectivity index (χ2v) is 11.2. The van der Waals surface area contributed by atoms with Crippen LogP contribution in [0.4, 0.5) is 0 Å². The molecule has 2 saturated carbocycles. The Bertz CT molecular complexity index is 1310. The number of pyridine rings is 1. The highest BCUT2D eigenvalue weighted by Crippen LogP contribution is 2.65. The fourth-order valence-corrected chi connectivity index (χ4v) is 7.60. The van der Waals surface area contributed by atoms with Gasteiger partial charge in [-0.1, -0.05) is 12.1 Å². The Balaban J connectivity index is 1.26. The molecule has 1 spiro atoms. The largest absolute Gasteiger partial charge is 0.504 e. The minimum absolute atomic E-state index is 0.000477. The van der Waals surface area contributed by atoms with E-state index in [9.17, 15) is 19.5 Å². The number of piperidine rings is 1. The number of likely N-dealkylation sites (tertiary alicyclic amines) is 1. The lowest BCUT2D eigenvalue weighted by Crippen LogP contribution is -2.82. The molecule has 2 aliphatic heterocycles. The van der Waals surface area contributed by atoms with E-state index < -0.39 is 23.0 Å². The summed E-state index contributed by atoms with van der Waals surface area (Å²) < 4.78 is 6.27. The van der Waals surface area contributed by atoms with Gasteiger partial charge in [-0.15, -0.1) is 0 Å². The van der Waals surface area contributed by atoms with Crippen molar-refractivity contribution in [1.82, 2.24) is 20.5 Å². The number of phenols is 1. The quantitative estimate of drug-likeness (QED) is 0.547. The molecule has 3 heterocycles. The Labute approximate surface area is 214 Å². The van der Waals surface area contributed by atoms with Crippen LogP contribution in [0.3, 0.4) is 0 Å². The molecule has 2 amide bonds. The highest BCUT2D eigenvalue weighted by atomic mass is 16.5. The highest BCUT2D eigenvalue weighted by Gasteiger charge is 2.73. The first-order valence-electron chi connectivity index (χ1n) is 13.2. The van der Waals surface area contributed by atoms with Crippen LogP contribution in [0.15, 0.2) is 36.5 Å². The Hall–Kier alpha value is -3.46. The van der Waals surface area contributed by atoms with Gasteiger partial charge in [0.2, 0.25) is 5.91 Å². The Morgan fingerprint density at radius 3 is 2.84 bits per heavy atom. The summed E-state index contributed by atoms with van der Waals surface area (Å²) in [6.45, 7) is 1.60. The van der Waals surface area contributed by atoms with Crippen molar-refractivity contribution < 1.29 is 24.2 Å². The molecule has 3 aliphatic carbocycles. The number of ether oxygens (including phenoxy) is 1. The molecule has 1 aromatic carbocycles. The van der Waals surface area contributed by atoms with Crippen LogP contribution in [0.5, 0.6) is 11.5 Å². The number of aromatic hydroxyl groups is 1. The lowest BCUT2D eigenvalue weighted by molar-refractivity contribution is -0.149. The summed E-state index contributed by atoms with van der Waals surface area (Å²) in [5, 5.41) is 16.8. The van der Waals surface area contributed by atoms with Crippen molar-refractivity contribution in [3.63, 3.8) is 0 Å². The molecule has 3 fully saturated rings. The number of amides is 2. The van der Waals surface area contributed by atoms with Crippen LogP contribution in [0.2, 0.25) is 0 Å². The van der Waals surface area contributed by atoms with Gasteiger partial charge in [-0.3, -0.25) is 24.3 Å². The molecule has 5 aliphatic rings. The molecular formula is C28H30N4O5. The van der Waals surface area contributed by atoms with Gasteiger partial charge in [0.1, 0.15) is 5.69 Å². The number of rotatable bonds is 6. The molecule has 1 saturated heterocycles. The number of aromatic nitrogens is 1. The fourth-order valence-electron chi connectivity index (χ4n) is 7.60. The summed E-state index contributed by atoms with van der Waals surface area (Å²) in [7, 11) is 0. The molecule has 2 bridgehead atoms. The van der Waals surface area contributed by atoms with Crippen LogP contribution in [0, 0.1) is 5.92 Å². The van der Waals surface area contributed by atoms with E-state index in [-0.39, 0.29) is 35.7 Å². The maximum Gasteiger partial charge on any atom is 0.270 e. The SMILES string of the molecule is O=C(CNC(=O)c1ccccn1)N[C@@]12CCC(=O)[C@@H]3Oc4c(O)ccc5c4[C@@]31CCN(CC1CC1)[C@@H]2C5. The number of Topliss-reactive ketones (excluding diaryl/α,β-unsaturated/α-hetero) is 1. The van der Waals surface area contributed by atoms with Gasteiger partial charge in [-0.2, -0.15) is 0 Å². The van der Waals surface area contributed by atoms with Gasteiger partial charge in [0.15, 0.2) is 23.4 Å². The van der Waals surface area contributed by atoms with Crippen LogP contribution in [0.1, 0.15) is 53.7 Å². The molecule has 7 rings (SSSR count). The zero-order chi connectivity index (χ0) is 25.4. The van der Waals surface area contributed by atoms with Crippen LogP contribution < -0.4 is 15.4 Å². The number of carbonyl (C=O) groups is 3. The predicted molar refractivity (Wildman–Crippen MR) is 132 cm³/mol. The van der Waals surface area contributed by atoms with Crippen molar-refractivity contribution in [3.05, 3.63) is 53.3 Å². The first-order chi connectivity index (χ1) is 17.9. The van der Waals surface area contributed by atoms with Crippen LogP contribution in [-0.4, -0.2) is 69.9 Å². The standard InChI is InChI=1S/C28H30N4O5/c33-19-7-6-17-13-21-28(31-22(35)14-30-26(36)18-3-1-2-11-29-18)9-8-20(34)25-27(28,23(17)24(19)37-25)10-12-32(21)15-16-4-5-16/h1-3,6-7,11,16,21,25,33H,4-5,8-10,12-15H2,(H,30,36)(H,31,35)/t21-,25+,27+,28-/m1/s1. The van der Waals surface area contributed by atoms with Crippen molar-refractivity contribution in [3.8, 4) is 11.5 Å². The van der Waals surface area contributed by atoms with Gasteiger partial charge in [0.25, 0.3) is 5.91 Å². The second-order valence-electron chi connectivity index (χ2n) is 11.2. The van der Waals surface area contributed by atoms with Crippen molar-refractivity contribution in [2.45, 2.75) is 61.6 Å². The third-order valence-electron chi connectivity index (χ3n) is 9.28. The predicted octanol–water partition coefficient (Wildman–Crippen LogP) is 1.47. The summed E-state index contributed by atoms with van der Waals surface area (Å²) in [6.07, 6.45) is 5.43.